The van der Waals surface area contributed by atoms with Crippen LogP contribution in [0.4, 0.5) is 0 Å². The molecule has 0 aromatic rings. The van der Waals surface area contributed by atoms with Gasteiger partial charge >= 0.3 is 11.9 Å². The summed E-state index contributed by atoms with van der Waals surface area (Å²) in [5.74, 6) is -1.69. The standard InChI is InChI=1S/C10H14O4/c11-8(12)7-2-4-10(9(13)14)3-1-6(7)5-10/h6-7H,1-5H2,(H,11,12)(H,13,14). The van der Waals surface area contributed by atoms with Crippen LogP contribution in [0.2, 0.25) is 0 Å². The average molecular weight is 198 g/mol. The Bertz CT molecular complexity index is 286. The summed E-state index contributed by atoms with van der Waals surface area (Å²) in [6.45, 7) is 0. The van der Waals surface area contributed by atoms with Crippen molar-refractivity contribution in [2.75, 3.05) is 0 Å². The molecule has 2 bridgehead atoms. The fraction of sp³-hybridized carbons (Fsp3) is 0.800. The van der Waals surface area contributed by atoms with E-state index in [1.54, 1.807) is 0 Å². The molecule has 0 amide bonds. The molecule has 0 aromatic heterocycles. The van der Waals surface area contributed by atoms with Crippen LogP contribution < -0.4 is 0 Å². The van der Waals surface area contributed by atoms with E-state index in [0.29, 0.717) is 25.7 Å². The summed E-state index contributed by atoms with van der Waals surface area (Å²) in [4.78, 5) is 21.9. The molecule has 2 saturated carbocycles. The first-order valence-corrected chi connectivity index (χ1v) is 5.01. The lowest BCUT2D eigenvalue weighted by Gasteiger charge is -2.32. The van der Waals surface area contributed by atoms with E-state index in [4.69, 9.17) is 10.2 Å². The maximum Gasteiger partial charge on any atom is 0.309 e. The van der Waals surface area contributed by atoms with Crippen molar-refractivity contribution in [3.8, 4) is 0 Å². The van der Waals surface area contributed by atoms with E-state index >= 15 is 0 Å². The zero-order valence-corrected chi connectivity index (χ0v) is 7.90. The minimum Gasteiger partial charge on any atom is -0.481 e. The predicted molar refractivity (Wildman–Crippen MR) is 47.8 cm³/mol. The molecule has 2 aliphatic rings. The van der Waals surface area contributed by atoms with E-state index in [9.17, 15) is 9.59 Å². The predicted octanol–water partition coefficient (Wildman–Crippen LogP) is 1.35. The van der Waals surface area contributed by atoms with Crippen molar-refractivity contribution in [2.24, 2.45) is 17.3 Å². The zero-order chi connectivity index (χ0) is 10.3. The molecule has 0 radical (unpaired) electrons. The lowest BCUT2D eigenvalue weighted by molar-refractivity contribution is -0.154. The summed E-state index contributed by atoms with van der Waals surface area (Å²) in [6, 6.07) is 0. The van der Waals surface area contributed by atoms with Gasteiger partial charge in [-0.1, -0.05) is 0 Å². The van der Waals surface area contributed by atoms with E-state index in [0.717, 1.165) is 6.42 Å². The van der Waals surface area contributed by atoms with Gasteiger partial charge in [0.2, 0.25) is 0 Å². The summed E-state index contributed by atoms with van der Waals surface area (Å²) in [6.07, 6.45) is 3.07. The van der Waals surface area contributed by atoms with Crippen molar-refractivity contribution in [1.82, 2.24) is 0 Å². The SMILES string of the molecule is O=C(O)C1CCC2(C(=O)O)CCC1C2. The van der Waals surface area contributed by atoms with Gasteiger partial charge in [0.25, 0.3) is 0 Å². The van der Waals surface area contributed by atoms with Crippen LogP contribution in [0.5, 0.6) is 0 Å². The maximum absolute atomic E-state index is 11.1. The highest BCUT2D eigenvalue weighted by molar-refractivity contribution is 5.77. The molecule has 14 heavy (non-hydrogen) atoms. The Balaban J connectivity index is 2.16. The van der Waals surface area contributed by atoms with E-state index in [1.807, 2.05) is 0 Å². The van der Waals surface area contributed by atoms with Crippen molar-refractivity contribution in [3.05, 3.63) is 0 Å². The van der Waals surface area contributed by atoms with Gasteiger partial charge in [0, 0.05) is 0 Å². The molecule has 3 atom stereocenters. The van der Waals surface area contributed by atoms with Gasteiger partial charge < -0.3 is 10.2 Å². The van der Waals surface area contributed by atoms with Gasteiger partial charge in [0.1, 0.15) is 0 Å². The molecule has 0 spiro atoms. The van der Waals surface area contributed by atoms with Gasteiger partial charge in [-0.15, -0.1) is 0 Å². The highest BCUT2D eigenvalue weighted by Crippen LogP contribution is 2.53. The third-order valence-corrected chi connectivity index (χ3v) is 3.92. The normalized spacial score (nSPS) is 40.9. The first-order valence-electron chi connectivity index (χ1n) is 5.01. The van der Waals surface area contributed by atoms with E-state index in [2.05, 4.69) is 0 Å². The zero-order valence-electron chi connectivity index (χ0n) is 7.90. The first kappa shape index (κ1) is 9.49. The topological polar surface area (TPSA) is 74.6 Å². The first-order chi connectivity index (χ1) is 6.55. The molecule has 2 fully saturated rings. The van der Waals surface area contributed by atoms with Crippen LogP contribution in [0.1, 0.15) is 32.1 Å². The molecular weight excluding hydrogens is 184 g/mol. The van der Waals surface area contributed by atoms with E-state index < -0.39 is 17.4 Å². The quantitative estimate of drug-likeness (QED) is 0.702. The lowest BCUT2D eigenvalue weighted by atomic mass is 9.71. The second kappa shape index (κ2) is 2.97. The van der Waals surface area contributed by atoms with Gasteiger partial charge in [-0.2, -0.15) is 0 Å². The maximum atomic E-state index is 11.1. The summed E-state index contributed by atoms with van der Waals surface area (Å²) in [5.41, 5.74) is -0.587. The van der Waals surface area contributed by atoms with E-state index in [1.165, 1.54) is 0 Å². The van der Waals surface area contributed by atoms with Crippen LogP contribution in [0.25, 0.3) is 0 Å². The van der Waals surface area contributed by atoms with Gasteiger partial charge in [0.15, 0.2) is 0 Å². The van der Waals surface area contributed by atoms with Crippen molar-refractivity contribution in [2.45, 2.75) is 32.1 Å². The van der Waals surface area contributed by atoms with Crippen LogP contribution in [0, 0.1) is 17.3 Å². The molecule has 2 N–H and O–H groups in total. The van der Waals surface area contributed by atoms with Crippen molar-refractivity contribution < 1.29 is 19.8 Å². The molecule has 0 aliphatic heterocycles. The minimum absolute atomic E-state index is 0.0948. The average Bonchev–Trinajstić information content (AvgIpc) is 2.45. The van der Waals surface area contributed by atoms with Gasteiger partial charge in [-0.05, 0) is 38.0 Å². The molecule has 0 heterocycles. The molecule has 4 nitrogen and oxygen atoms in total. The highest BCUT2D eigenvalue weighted by Gasteiger charge is 2.52. The molecule has 2 rings (SSSR count). The number of hydrogen-bond donors (Lipinski definition) is 2. The Labute approximate surface area is 81.9 Å². The summed E-state index contributed by atoms with van der Waals surface area (Å²) in [7, 11) is 0. The fourth-order valence-corrected chi connectivity index (χ4v) is 3.03. The number of carboxylic acids is 2. The number of hydrogen-bond acceptors (Lipinski definition) is 2. The van der Waals surface area contributed by atoms with Crippen LogP contribution in [-0.4, -0.2) is 22.2 Å². The van der Waals surface area contributed by atoms with E-state index in [-0.39, 0.29) is 11.8 Å². The lowest BCUT2D eigenvalue weighted by Crippen LogP contribution is -2.35. The number of carboxylic acid groups (broad SMARTS) is 2. The third-order valence-electron chi connectivity index (χ3n) is 3.92. The second-order valence-corrected chi connectivity index (χ2v) is 4.57. The highest BCUT2D eigenvalue weighted by atomic mass is 16.4. The molecule has 0 aromatic carbocycles. The van der Waals surface area contributed by atoms with Gasteiger partial charge in [-0.3, -0.25) is 9.59 Å². The molecule has 4 heteroatoms. The molecular formula is C10H14O4. The number of rotatable bonds is 2. The molecule has 3 unspecified atom stereocenters. The van der Waals surface area contributed by atoms with Crippen LogP contribution in [0.15, 0.2) is 0 Å². The summed E-state index contributed by atoms with van der Waals surface area (Å²) < 4.78 is 0. The van der Waals surface area contributed by atoms with Crippen molar-refractivity contribution in [3.63, 3.8) is 0 Å². The van der Waals surface area contributed by atoms with Crippen LogP contribution in [-0.2, 0) is 9.59 Å². The third kappa shape index (κ3) is 1.21. The van der Waals surface area contributed by atoms with Gasteiger partial charge in [-0.25, -0.2) is 0 Å². The summed E-state index contributed by atoms with van der Waals surface area (Å²) >= 11 is 0. The Morgan fingerprint density at radius 1 is 1.14 bits per heavy atom. The molecule has 0 saturated heterocycles. The van der Waals surface area contributed by atoms with Crippen molar-refractivity contribution in [1.29, 1.82) is 0 Å². The number of carbonyl (C=O) groups is 2. The molecule has 2 aliphatic carbocycles. The monoisotopic (exact) mass is 198 g/mol. The van der Waals surface area contributed by atoms with Crippen LogP contribution >= 0.6 is 0 Å². The Hall–Kier alpha value is -1.06. The summed E-state index contributed by atoms with van der Waals surface area (Å²) in [5, 5.41) is 18.0. The Morgan fingerprint density at radius 3 is 2.36 bits per heavy atom. The number of fused-ring (bicyclic) bond motifs is 2. The van der Waals surface area contributed by atoms with Gasteiger partial charge in [0.05, 0.1) is 11.3 Å². The number of aliphatic carboxylic acids is 2. The van der Waals surface area contributed by atoms with Crippen LogP contribution in [0.3, 0.4) is 0 Å². The Morgan fingerprint density at radius 2 is 1.79 bits per heavy atom. The van der Waals surface area contributed by atoms with Crippen molar-refractivity contribution >= 4 is 11.9 Å². The molecule has 78 valence electrons. The second-order valence-electron chi connectivity index (χ2n) is 4.57. The fourth-order valence-electron chi connectivity index (χ4n) is 3.03. The smallest absolute Gasteiger partial charge is 0.309 e. The minimum atomic E-state index is -0.754. The Kier molecular flexibility index (Phi) is 2.01. The largest absolute Gasteiger partial charge is 0.481 e.